The van der Waals surface area contributed by atoms with Gasteiger partial charge in [0.25, 0.3) is 0 Å². The molecule has 0 fully saturated rings. The van der Waals surface area contributed by atoms with Crippen LogP contribution in [-0.2, 0) is 12.6 Å². The van der Waals surface area contributed by atoms with E-state index in [1.807, 2.05) is 0 Å². The van der Waals surface area contributed by atoms with Crippen LogP contribution in [0.1, 0.15) is 11.1 Å². The van der Waals surface area contributed by atoms with Crippen molar-refractivity contribution in [3.63, 3.8) is 0 Å². The van der Waals surface area contributed by atoms with Crippen molar-refractivity contribution >= 4 is 28.4 Å². The van der Waals surface area contributed by atoms with Crippen molar-refractivity contribution in [3.05, 3.63) is 29.3 Å². The Morgan fingerprint density at radius 3 is 2.33 bits per heavy atom. The van der Waals surface area contributed by atoms with Gasteiger partial charge in [0.1, 0.15) is 15.7 Å². The van der Waals surface area contributed by atoms with E-state index in [2.05, 4.69) is 40.7 Å². The molecule has 0 unspecified atom stereocenters. The highest BCUT2D eigenvalue weighted by Crippen LogP contribution is 2.06. The van der Waals surface area contributed by atoms with Crippen LogP contribution in [0.2, 0.25) is 6.82 Å². The van der Waals surface area contributed by atoms with Gasteiger partial charge in [-0.2, -0.15) is 0 Å². The number of hydrogen-bond donors (Lipinski definition) is 0. The monoisotopic (exact) mass is 156 g/mol. The van der Waals surface area contributed by atoms with Crippen molar-refractivity contribution < 1.29 is 0 Å². The van der Waals surface area contributed by atoms with E-state index in [4.69, 9.17) is 0 Å². The molecule has 3 heteroatoms. The third kappa shape index (κ3) is 1.97. The molecule has 0 radical (unpaired) electrons. The van der Waals surface area contributed by atoms with Gasteiger partial charge in [0.2, 0.25) is 0 Å². The molecular weight excluding hydrogens is 141 g/mol. The zero-order valence-electron chi connectivity index (χ0n) is 8.35. The van der Waals surface area contributed by atoms with E-state index in [0.29, 0.717) is 0 Å². The third-order valence-corrected chi connectivity index (χ3v) is 2.44. The average Bonchev–Trinajstić information content (AvgIpc) is 2.16. The molecule has 0 aromatic heterocycles. The van der Waals surface area contributed by atoms with Gasteiger partial charge in [0.15, 0.2) is 7.28 Å². The second-order valence-corrected chi connectivity index (χ2v) is 3.16. The van der Waals surface area contributed by atoms with Gasteiger partial charge in [-0.1, -0.05) is 54.3 Å². The molecule has 0 aliphatic carbocycles. The van der Waals surface area contributed by atoms with E-state index in [9.17, 15) is 0 Å². The maximum Gasteiger partial charge on any atom is 0.154 e. The first-order valence-electron chi connectivity index (χ1n) is 4.92. The van der Waals surface area contributed by atoms with Crippen molar-refractivity contribution in [2.75, 3.05) is 0 Å². The molecule has 1 rings (SSSR count). The van der Waals surface area contributed by atoms with Crippen LogP contribution in [0.15, 0.2) is 18.2 Å². The Labute approximate surface area is 77.8 Å². The Morgan fingerprint density at radius 1 is 1.17 bits per heavy atom. The summed E-state index contributed by atoms with van der Waals surface area (Å²) in [5.41, 5.74) is 4.50. The molecule has 0 aliphatic heterocycles. The van der Waals surface area contributed by atoms with Crippen molar-refractivity contribution in [2.45, 2.75) is 19.5 Å². The van der Waals surface area contributed by atoms with Crippen LogP contribution in [0.3, 0.4) is 0 Å². The van der Waals surface area contributed by atoms with E-state index in [-0.39, 0.29) is 0 Å². The van der Waals surface area contributed by atoms with Crippen molar-refractivity contribution in [2.24, 2.45) is 0 Å². The summed E-state index contributed by atoms with van der Waals surface area (Å²) in [5, 5.41) is 0. The highest BCUT2D eigenvalue weighted by atomic mass is 14.0. The van der Waals surface area contributed by atoms with Crippen LogP contribution in [0.5, 0.6) is 0 Å². The van der Waals surface area contributed by atoms with Crippen LogP contribution >= 0.6 is 0 Å². The van der Waals surface area contributed by atoms with Crippen LogP contribution in [0, 0.1) is 0 Å². The highest BCUT2D eigenvalue weighted by molar-refractivity contribution is 6.51. The predicted octanol–water partition coefficient (Wildman–Crippen LogP) is -0.937. The summed E-state index contributed by atoms with van der Waals surface area (Å²) < 4.78 is 0. The van der Waals surface area contributed by atoms with Crippen molar-refractivity contribution in [1.82, 2.24) is 0 Å². The fraction of sp³-hybridized carbons (Fsp3) is 0.333. The molecule has 0 amide bonds. The van der Waals surface area contributed by atoms with Crippen molar-refractivity contribution in [3.8, 4) is 0 Å². The molecule has 60 valence electrons. The quantitative estimate of drug-likeness (QED) is 0.495. The first-order chi connectivity index (χ1) is 5.81. The summed E-state index contributed by atoms with van der Waals surface area (Å²) in [6.07, 6.45) is 2.32. The summed E-state index contributed by atoms with van der Waals surface area (Å²) >= 11 is 0. The van der Waals surface area contributed by atoms with Gasteiger partial charge in [-0.15, -0.1) is 0 Å². The SMILES string of the molecule is BCc1ccc(BC)cc1CB. The van der Waals surface area contributed by atoms with E-state index >= 15 is 0 Å². The molecular formula is C9H15B3. The molecule has 1 aromatic rings. The number of benzene rings is 1. The molecule has 0 saturated carbocycles. The second-order valence-electron chi connectivity index (χ2n) is 3.16. The van der Waals surface area contributed by atoms with Crippen LogP contribution in [-0.4, -0.2) is 23.0 Å². The number of hydrogen-bond acceptors (Lipinski definition) is 0. The Hall–Kier alpha value is -0.585. The fourth-order valence-electron chi connectivity index (χ4n) is 1.57. The van der Waals surface area contributed by atoms with Crippen LogP contribution in [0.4, 0.5) is 0 Å². The normalized spacial score (nSPS) is 9.75. The third-order valence-electron chi connectivity index (χ3n) is 2.44. The van der Waals surface area contributed by atoms with Gasteiger partial charge < -0.3 is 0 Å². The zero-order chi connectivity index (χ0) is 8.97. The molecule has 0 heterocycles. The van der Waals surface area contributed by atoms with Gasteiger partial charge in [0, 0.05) is 0 Å². The second kappa shape index (κ2) is 4.44. The molecule has 0 saturated heterocycles. The largest absolute Gasteiger partial charge is 0.154 e. The lowest BCUT2D eigenvalue weighted by atomic mass is 9.71. The Bertz CT molecular complexity index is 258. The number of rotatable bonds is 3. The minimum Gasteiger partial charge on any atom is -0.0849 e. The smallest absolute Gasteiger partial charge is 0.0849 e. The summed E-state index contributed by atoms with van der Waals surface area (Å²) in [7, 11) is 5.60. The first-order valence-corrected chi connectivity index (χ1v) is 4.92. The molecule has 12 heavy (non-hydrogen) atoms. The molecule has 0 N–H and O–H groups in total. The zero-order valence-corrected chi connectivity index (χ0v) is 8.35. The molecule has 0 aliphatic rings. The molecule has 0 bridgehead atoms. The van der Waals surface area contributed by atoms with Gasteiger partial charge >= 0.3 is 0 Å². The standard InChI is InChI=1S/C9H15B3/c1-12-9-3-2-7(5-10)8(4-9)6-11/h2-4,12H,5-6,10-11H2,1H3. The molecule has 1 aromatic carbocycles. The molecule has 0 nitrogen and oxygen atoms in total. The lowest BCUT2D eigenvalue weighted by Crippen LogP contribution is -2.12. The Morgan fingerprint density at radius 2 is 1.83 bits per heavy atom. The molecule has 0 spiro atoms. The topological polar surface area (TPSA) is 0 Å². The highest BCUT2D eigenvalue weighted by Gasteiger charge is 1.99. The van der Waals surface area contributed by atoms with Gasteiger partial charge in [-0.25, -0.2) is 0 Å². The Balaban J connectivity index is 3.02. The van der Waals surface area contributed by atoms with E-state index < -0.39 is 0 Å². The summed E-state index contributed by atoms with van der Waals surface area (Å²) in [6.45, 7) is 2.21. The minimum atomic E-state index is 1.15. The summed E-state index contributed by atoms with van der Waals surface area (Å²) in [4.78, 5) is 0. The van der Waals surface area contributed by atoms with Gasteiger partial charge in [0.05, 0.1) is 0 Å². The Kier molecular flexibility index (Phi) is 3.52. The van der Waals surface area contributed by atoms with Gasteiger partial charge in [-0.05, 0) is 0 Å². The predicted molar refractivity (Wildman–Crippen MR) is 63.6 cm³/mol. The summed E-state index contributed by atoms with van der Waals surface area (Å²) in [6, 6.07) is 6.87. The lowest BCUT2D eigenvalue weighted by molar-refractivity contribution is 1.27. The van der Waals surface area contributed by atoms with E-state index in [1.165, 1.54) is 16.6 Å². The van der Waals surface area contributed by atoms with E-state index in [1.54, 1.807) is 0 Å². The van der Waals surface area contributed by atoms with Gasteiger partial charge in [-0.3, -0.25) is 0 Å². The lowest BCUT2D eigenvalue weighted by Gasteiger charge is -2.07. The maximum atomic E-state index is 2.35. The van der Waals surface area contributed by atoms with Crippen molar-refractivity contribution in [1.29, 1.82) is 0 Å². The summed E-state index contributed by atoms with van der Waals surface area (Å²) in [5.74, 6) is 0. The molecule has 0 atom stereocenters. The van der Waals surface area contributed by atoms with Crippen LogP contribution in [0.25, 0.3) is 0 Å². The first kappa shape index (κ1) is 9.50. The van der Waals surface area contributed by atoms with Crippen LogP contribution < -0.4 is 5.46 Å². The minimum absolute atomic E-state index is 1.15. The maximum absolute atomic E-state index is 2.35. The average molecular weight is 156 g/mol. The fourth-order valence-corrected chi connectivity index (χ4v) is 1.57. The van der Waals surface area contributed by atoms with E-state index in [0.717, 1.165) is 19.9 Å².